The molecule has 0 aromatic heterocycles. The number of nitrogens with zero attached hydrogens (tertiary/aromatic N) is 1. The molecule has 1 aliphatic heterocycles. The third-order valence-electron chi connectivity index (χ3n) is 8.86. The Labute approximate surface area is 262 Å². The molecule has 11 heteroatoms. The fraction of sp³-hybridized carbons (Fsp3) is 0.371. The van der Waals surface area contributed by atoms with Gasteiger partial charge in [-0.05, 0) is 114 Å². The largest absolute Gasteiger partial charge is 0.478 e. The molecule has 46 heavy (non-hydrogen) atoms. The highest BCUT2D eigenvalue weighted by Gasteiger charge is 2.44. The molecule has 5 rings (SSSR count). The van der Waals surface area contributed by atoms with Crippen molar-refractivity contribution in [3.8, 4) is 11.1 Å². The third kappa shape index (κ3) is 6.78. The van der Waals surface area contributed by atoms with Crippen molar-refractivity contribution in [3.63, 3.8) is 0 Å². The van der Waals surface area contributed by atoms with Crippen molar-refractivity contribution in [2.75, 3.05) is 6.54 Å². The molecule has 0 bridgehead atoms. The summed E-state index contributed by atoms with van der Waals surface area (Å²) in [4.78, 5) is 25.9. The van der Waals surface area contributed by atoms with Crippen LogP contribution in [-0.2, 0) is 17.1 Å². The van der Waals surface area contributed by atoms with Gasteiger partial charge in [0.25, 0.3) is 0 Å². The lowest BCUT2D eigenvalue weighted by Gasteiger charge is -2.35. The number of aromatic carboxylic acids is 1. The Bertz CT molecular complexity index is 1690. The summed E-state index contributed by atoms with van der Waals surface area (Å²) < 4.78 is 86.8. The van der Waals surface area contributed by atoms with E-state index in [-0.39, 0.29) is 29.2 Å². The van der Waals surface area contributed by atoms with E-state index in [9.17, 15) is 41.0 Å². The predicted octanol–water partition coefficient (Wildman–Crippen LogP) is 9.94. The summed E-state index contributed by atoms with van der Waals surface area (Å²) in [5.74, 6) is -1.02. The second-order valence-electron chi connectivity index (χ2n) is 12.9. The van der Waals surface area contributed by atoms with Crippen LogP contribution in [0.15, 0.2) is 66.2 Å². The van der Waals surface area contributed by atoms with Crippen molar-refractivity contribution in [3.05, 3.63) is 99.6 Å². The number of benzene rings is 3. The maximum Gasteiger partial charge on any atom is 0.416 e. The van der Waals surface area contributed by atoms with Crippen LogP contribution in [-0.4, -0.2) is 34.7 Å². The van der Waals surface area contributed by atoms with Gasteiger partial charge in [0, 0.05) is 6.54 Å². The summed E-state index contributed by atoms with van der Waals surface area (Å²) >= 11 is 0. The van der Waals surface area contributed by atoms with Crippen molar-refractivity contribution in [2.24, 2.45) is 5.41 Å². The summed E-state index contributed by atoms with van der Waals surface area (Å²) in [6.45, 7) is 7.69. The number of alkyl halides is 6. The van der Waals surface area contributed by atoms with Crippen molar-refractivity contribution in [1.29, 1.82) is 0 Å². The zero-order chi connectivity index (χ0) is 33.8. The molecule has 0 radical (unpaired) electrons. The van der Waals surface area contributed by atoms with Crippen molar-refractivity contribution in [2.45, 2.75) is 71.5 Å². The zero-order valence-electron chi connectivity index (χ0n) is 25.6. The molecular formula is C35H33F6NO4. The molecule has 1 unspecified atom stereocenters. The minimum atomic E-state index is -5.03. The van der Waals surface area contributed by atoms with Crippen LogP contribution >= 0.6 is 0 Å². The summed E-state index contributed by atoms with van der Waals surface area (Å²) in [6.07, 6.45) is -10.1. The van der Waals surface area contributed by atoms with Crippen molar-refractivity contribution < 1.29 is 45.8 Å². The van der Waals surface area contributed by atoms with Gasteiger partial charge >= 0.3 is 24.4 Å². The lowest BCUT2D eigenvalue weighted by Crippen LogP contribution is -2.35. The third-order valence-corrected chi connectivity index (χ3v) is 8.86. The second kappa shape index (κ2) is 11.8. The number of ether oxygens (including phenoxy) is 1. The molecule has 0 saturated carbocycles. The molecule has 1 aliphatic carbocycles. The monoisotopic (exact) mass is 645 g/mol. The first kappa shape index (κ1) is 33.1. The topological polar surface area (TPSA) is 66.8 Å². The first-order valence-electron chi connectivity index (χ1n) is 14.8. The van der Waals surface area contributed by atoms with Gasteiger partial charge in [-0.2, -0.15) is 26.3 Å². The fourth-order valence-corrected chi connectivity index (χ4v) is 6.42. The van der Waals surface area contributed by atoms with Gasteiger partial charge in [-0.3, -0.25) is 4.90 Å². The first-order valence-corrected chi connectivity index (χ1v) is 14.8. The van der Waals surface area contributed by atoms with Gasteiger partial charge in [0.2, 0.25) is 0 Å². The van der Waals surface area contributed by atoms with Crippen molar-refractivity contribution >= 4 is 17.6 Å². The highest BCUT2D eigenvalue weighted by atomic mass is 19.4. The number of carbonyl (C=O) groups excluding carboxylic acids is 1. The molecule has 1 fully saturated rings. The van der Waals surface area contributed by atoms with E-state index in [0.29, 0.717) is 25.0 Å². The Hall–Kier alpha value is -4.28. The average Bonchev–Trinajstić information content (AvgIpc) is 3.24. The molecule has 2 atom stereocenters. The van der Waals surface area contributed by atoms with Crippen LogP contribution in [0.4, 0.5) is 31.1 Å². The SMILES string of the molecule is Cc1cc(C(=O)O)ccc1-c1cccc(C2=C(CN3C(=O)O[C@H](c4cc(C(F)(F)F)cc(C(F)(F)F)c4)C3C)CC(C)(C)CC2)c1. The average molecular weight is 646 g/mol. The van der Waals surface area contributed by atoms with Crippen LogP contribution in [0.25, 0.3) is 16.7 Å². The van der Waals surface area contributed by atoms with E-state index in [2.05, 4.69) is 13.8 Å². The Balaban J connectivity index is 1.50. The lowest BCUT2D eigenvalue weighted by molar-refractivity contribution is -0.143. The zero-order valence-corrected chi connectivity index (χ0v) is 25.6. The van der Waals surface area contributed by atoms with Gasteiger partial charge in [0.05, 0.1) is 22.7 Å². The molecule has 1 amide bonds. The van der Waals surface area contributed by atoms with E-state index < -0.39 is 47.7 Å². The van der Waals surface area contributed by atoms with Crippen LogP contribution in [0.1, 0.15) is 84.3 Å². The van der Waals surface area contributed by atoms with Gasteiger partial charge < -0.3 is 9.84 Å². The van der Waals surface area contributed by atoms with Crippen LogP contribution in [0.5, 0.6) is 0 Å². The quantitative estimate of drug-likeness (QED) is 0.271. The number of halogens is 6. The van der Waals surface area contributed by atoms with Crippen LogP contribution in [0, 0.1) is 12.3 Å². The highest BCUT2D eigenvalue weighted by Crippen LogP contribution is 2.45. The molecule has 2 aliphatic rings. The first-order chi connectivity index (χ1) is 21.3. The molecule has 0 spiro atoms. The summed E-state index contributed by atoms with van der Waals surface area (Å²) in [7, 11) is 0. The van der Waals surface area contributed by atoms with E-state index in [4.69, 9.17) is 4.74 Å². The highest BCUT2D eigenvalue weighted by molar-refractivity contribution is 5.89. The lowest BCUT2D eigenvalue weighted by atomic mass is 9.72. The second-order valence-corrected chi connectivity index (χ2v) is 12.9. The number of rotatable bonds is 6. The molecule has 5 nitrogen and oxygen atoms in total. The number of aryl methyl sites for hydroxylation is 1. The number of carboxylic acids is 1. The molecule has 244 valence electrons. The minimum Gasteiger partial charge on any atom is -0.478 e. The molecule has 1 N–H and O–H groups in total. The van der Waals surface area contributed by atoms with Crippen LogP contribution in [0.2, 0.25) is 0 Å². The Morgan fingerprint density at radius 2 is 1.59 bits per heavy atom. The Morgan fingerprint density at radius 3 is 2.17 bits per heavy atom. The van der Waals surface area contributed by atoms with E-state index in [1.807, 2.05) is 31.2 Å². The van der Waals surface area contributed by atoms with Gasteiger partial charge in [-0.15, -0.1) is 0 Å². The number of cyclic esters (lactones) is 1. The van der Waals surface area contributed by atoms with Gasteiger partial charge in [0.15, 0.2) is 0 Å². The van der Waals surface area contributed by atoms with E-state index in [1.165, 1.54) is 4.90 Å². The van der Waals surface area contributed by atoms with E-state index in [0.717, 1.165) is 39.8 Å². The summed E-state index contributed by atoms with van der Waals surface area (Å²) in [6, 6.07) is 13.1. The normalized spacial score (nSPS) is 20.2. The maximum absolute atomic E-state index is 13.6. The molecule has 3 aromatic rings. The molecule has 1 heterocycles. The van der Waals surface area contributed by atoms with Gasteiger partial charge in [-0.1, -0.05) is 38.1 Å². The molecule has 3 aromatic carbocycles. The number of hydrogen-bond acceptors (Lipinski definition) is 3. The van der Waals surface area contributed by atoms with E-state index >= 15 is 0 Å². The van der Waals surface area contributed by atoms with E-state index in [1.54, 1.807) is 25.1 Å². The minimum absolute atomic E-state index is 0.0556. The molecular weight excluding hydrogens is 612 g/mol. The summed E-state index contributed by atoms with van der Waals surface area (Å²) in [5.41, 5.74) is 2.13. The van der Waals surface area contributed by atoms with Crippen molar-refractivity contribution in [1.82, 2.24) is 4.90 Å². The standard InChI is InChI=1S/C35H33F6NO4/c1-19-12-23(31(43)44)8-9-28(19)21-6-5-7-22(13-21)29-10-11-33(3,4)17-25(29)18-42-20(2)30(46-32(42)45)24-14-26(34(36,37)38)16-27(15-24)35(39,40)41/h5-9,12-16,20,30H,10-11,17-18H2,1-4H3,(H,43,44)/t20?,30-/m0/s1. The Morgan fingerprint density at radius 1 is 0.957 bits per heavy atom. The number of carboxylic acid groups (broad SMARTS) is 1. The fourth-order valence-electron chi connectivity index (χ4n) is 6.42. The maximum atomic E-state index is 13.6. The molecule has 1 saturated heterocycles. The smallest absolute Gasteiger partial charge is 0.416 e. The Kier molecular flexibility index (Phi) is 8.50. The van der Waals surface area contributed by atoms with Crippen LogP contribution < -0.4 is 0 Å². The predicted molar refractivity (Wildman–Crippen MR) is 160 cm³/mol. The van der Waals surface area contributed by atoms with Gasteiger partial charge in [-0.25, -0.2) is 9.59 Å². The number of hydrogen-bond donors (Lipinski definition) is 1. The number of allylic oxidation sites excluding steroid dienone is 1. The van der Waals surface area contributed by atoms with Crippen LogP contribution in [0.3, 0.4) is 0 Å². The van der Waals surface area contributed by atoms with Gasteiger partial charge in [0.1, 0.15) is 6.10 Å². The number of amides is 1. The number of carbonyl (C=O) groups is 2. The summed E-state index contributed by atoms with van der Waals surface area (Å²) in [5, 5.41) is 9.35.